The van der Waals surface area contributed by atoms with Crippen LogP contribution in [0.5, 0.6) is 0 Å². The van der Waals surface area contributed by atoms with E-state index in [0.29, 0.717) is 12.4 Å². The Morgan fingerprint density at radius 1 is 1.06 bits per heavy atom. The number of para-hydroxylation sites is 2. The molecule has 3 aromatic rings. The van der Waals surface area contributed by atoms with Gasteiger partial charge in [-0.25, -0.2) is 13.4 Å². The first-order chi connectivity index (χ1) is 16.3. The molecule has 0 saturated carbocycles. The first-order valence-corrected chi connectivity index (χ1v) is 13.3. The highest BCUT2D eigenvalue weighted by Gasteiger charge is 2.47. The largest absolute Gasteiger partial charge is 0.308 e. The van der Waals surface area contributed by atoms with Gasteiger partial charge in [0, 0.05) is 17.6 Å². The molecular weight excluding hydrogens is 450 g/mol. The molecule has 1 fully saturated rings. The summed E-state index contributed by atoms with van der Waals surface area (Å²) in [5, 5.41) is 2.93. The second-order valence-electron chi connectivity index (χ2n) is 9.27. The van der Waals surface area contributed by atoms with Crippen molar-refractivity contribution in [3.8, 4) is 5.69 Å². The quantitative estimate of drug-likeness (QED) is 0.608. The summed E-state index contributed by atoms with van der Waals surface area (Å²) in [5.41, 5.74) is 2.66. The summed E-state index contributed by atoms with van der Waals surface area (Å²) in [4.78, 5) is 19.5. The molecule has 178 valence electrons. The Morgan fingerprint density at radius 3 is 2.44 bits per heavy atom. The van der Waals surface area contributed by atoms with Gasteiger partial charge in [-0.1, -0.05) is 36.4 Å². The van der Waals surface area contributed by atoms with E-state index in [4.69, 9.17) is 0 Å². The van der Waals surface area contributed by atoms with Gasteiger partial charge in [-0.15, -0.1) is 0 Å². The third kappa shape index (κ3) is 4.10. The van der Waals surface area contributed by atoms with E-state index in [9.17, 15) is 13.2 Å². The molecule has 8 nitrogen and oxygen atoms in total. The van der Waals surface area contributed by atoms with Gasteiger partial charge in [0.05, 0.1) is 24.2 Å². The zero-order valence-corrected chi connectivity index (χ0v) is 20.2. The van der Waals surface area contributed by atoms with Crippen LogP contribution in [0.4, 0.5) is 11.5 Å². The lowest BCUT2D eigenvalue weighted by Crippen LogP contribution is -2.51. The molecule has 1 atom stereocenters. The maximum absolute atomic E-state index is 13.0. The maximum atomic E-state index is 13.0. The molecule has 0 aliphatic carbocycles. The number of nitrogens with one attached hydrogen (secondary N) is 1. The number of fused-ring (bicyclic) bond motifs is 2. The number of carbonyl (C=O) groups excluding carboxylic acids is 1. The van der Waals surface area contributed by atoms with Gasteiger partial charge in [0.15, 0.2) is 5.82 Å². The van der Waals surface area contributed by atoms with E-state index in [1.54, 1.807) is 12.5 Å². The Bertz CT molecular complexity index is 1300. The highest BCUT2D eigenvalue weighted by molar-refractivity contribution is 7.92. The van der Waals surface area contributed by atoms with E-state index in [1.807, 2.05) is 60.0 Å². The molecule has 1 amide bonds. The maximum Gasteiger partial charge on any atom is 0.242 e. The van der Waals surface area contributed by atoms with Crippen LogP contribution < -0.4 is 9.62 Å². The molecule has 1 N–H and O–H groups in total. The molecule has 2 aromatic carbocycles. The van der Waals surface area contributed by atoms with Crippen LogP contribution in [0.15, 0.2) is 67.1 Å². The van der Waals surface area contributed by atoms with Crippen molar-refractivity contribution in [1.82, 2.24) is 14.5 Å². The second kappa shape index (κ2) is 8.56. The number of likely N-dealkylation sites (tertiary alicyclic amines) is 1. The number of hydrogen-bond donors (Lipinski definition) is 1. The van der Waals surface area contributed by atoms with Gasteiger partial charge in [-0.2, -0.15) is 0 Å². The first kappa shape index (κ1) is 22.6. The van der Waals surface area contributed by atoms with Crippen molar-refractivity contribution < 1.29 is 13.2 Å². The summed E-state index contributed by atoms with van der Waals surface area (Å²) in [6, 6.07) is 17.3. The van der Waals surface area contributed by atoms with Crippen LogP contribution in [0.25, 0.3) is 5.69 Å². The van der Waals surface area contributed by atoms with Crippen molar-refractivity contribution in [2.75, 3.05) is 35.5 Å². The fourth-order valence-corrected chi connectivity index (χ4v) is 6.17. The molecule has 5 rings (SSSR count). The number of rotatable bonds is 5. The zero-order chi connectivity index (χ0) is 23.9. The second-order valence-corrected chi connectivity index (χ2v) is 11.2. The minimum absolute atomic E-state index is 0.0983. The monoisotopic (exact) mass is 479 g/mol. The fourth-order valence-electron chi connectivity index (χ4n) is 5.17. The van der Waals surface area contributed by atoms with Gasteiger partial charge < -0.3 is 9.88 Å². The zero-order valence-electron chi connectivity index (χ0n) is 19.4. The molecule has 9 heteroatoms. The summed E-state index contributed by atoms with van der Waals surface area (Å²) >= 11 is 0. The van der Waals surface area contributed by atoms with Crippen LogP contribution >= 0.6 is 0 Å². The van der Waals surface area contributed by atoms with E-state index >= 15 is 0 Å². The highest BCUT2D eigenvalue weighted by Crippen LogP contribution is 2.47. The lowest BCUT2D eigenvalue weighted by atomic mass is 9.74. The molecule has 3 heterocycles. The molecule has 0 radical (unpaired) electrons. The van der Waals surface area contributed by atoms with E-state index in [1.165, 1.54) is 10.6 Å². The lowest BCUT2D eigenvalue weighted by molar-refractivity contribution is -0.121. The SMILES string of the molecule is CC(C(=O)Nc1cn(-c2ccccc2)cn1)N1CCC2(CC1)CN(S(C)(=O)=O)c1ccccc12. The number of hydrogen-bond acceptors (Lipinski definition) is 5. The fraction of sp³-hybridized carbons (Fsp3) is 0.360. The van der Waals surface area contributed by atoms with Crippen LogP contribution in [-0.4, -0.2) is 60.7 Å². The molecule has 1 unspecified atom stereocenters. The Labute approximate surface area is 200 Å². The smallest absolute Gasteiger partial charge is 0.242 e. The number of nitrogens with zero attached hydrogens (tertiary/aromatic N) is 4. The molecule has 2 aliphatic rings. The van der Waals surface area contributed by atoms with Crippen molar-refractivity contribution in [2.24, 2.45) is 0 Å². The summed E-state index contributed by atoms with van der Waals surface area (Å²) < 4.78 is 28.2. The lowest BCUT2D eigenvalue weighted by Gasteiger charge is -2.41. The Hall–Kier alpha value is -3.17. The van der Waals surface area contributed by atoms with Crippen molar-refractivity contribution in [3.63, 3.8) is 0 Å². The topological polar surface area (TPSA) is 87.5 Å². The molecule has 1 spiro atoms. The summed E-state index contributed by atoms with van der Waals surface area (Å²) in [6.07, 6.45) is 6.36. The van der Waals surface area contributed by atoms with Gasteiger partial charge in [0.1, 0.15) is 6.33 Å². The molecule has 1 saturated heterocycles. The van der Waals surface area contributed by atoms with Crippen molar-refractivity contribution in [3.05, 3.63) is 72.7 Å². The predicted molar refractivity (Wildman–Crippen MR) is 133 cm³/mol. The summed E-state index contributed by atoms with van der Waals surface area (Å²) in [7, 11) is -3.34. The van der Waals surface area contributed by atoms with E-state index in [0.717, 1.165) is 42.9 Å². The summed E-state index contributed by atoms with van der Waals surface area (Å²) in [6.45, 7) is 3.82. The van der Waals surface area contributed by atoms with Gasteiger partial charge in [-0.05, 0) is 56.6 Å². The van der Waals surface area contributed by atoms with Crippen LogP contribution in [0.1, 0.15) is 25.3 Å². The normalized spacial score (nSPS) is 18.6. The highest BCUT2D eigenvalue weighted by atomic mass is 32.2. The van der Waals surface area contributed by atoms with Crippen LogP contribution in [0.2, 0.25) is 0 Å². The van der Waals surface area contributed by atoms with Gasteiger partial charge >= 0.3 is 0 Å². The van der Waals surface area contributed by atoms with Crippen molar-refractivity contribution in [1.29, 1.82) is 0 Å². The molecule has 34 heavy (non-hydrogen) atoms. The Morgan fingerprint density at radius 2 is 1.74 bits per heavy atom. The molecule has 0 bridgehead atoms. The van der Waals surface area contributed by atoms with E-state index in [2.05, 4.69) is 21.3 Å². The number of carbonyl (C=O) groups is 1. The third-order valence-corrected chi connectivity index (χ3v) is 8.29. The van der Waals surface area contributed by atoms with Crippen molar-refractivity contribution in [2.45, 2.75) is 31.2 Å². The number of sulfonamides is 1. The number of anilines is 2. The Balaban J connectivity index is 1.25. The minimum atomic E-state index is -3.34. The minimum Gasteiger partial charge on any atom is -0.308 e. The number of benzene rings is 2. The van der Waals surface area contributed by atoms with Gasteiger partial charge in [0.25, 0.3) is 0 Å². The Kier molecular flexibility index (Phi) is 5.69. The predicted octanol–water partition coefficient (Wildman–Crippen LogP) is 3.01. The van der Waals surface area contributed by atoms with Gasteiger partial charge in [-0.3, -0.25) is 14.0 Å². The molecule has 1 aromatic heterocycles. The standard InChI is InChI=1S/C25H29N5O3S/c1-19(24(31)27-23-16-29(18-26-23)20-8-4-3-5-9-20)28-14-12-25(13-15-28)17-30(34(2,32)33)22-11-7-6-10-21(22)25/h3-11,16,18-19H,12-15,17H2,1-2H3,(H,27,31). The van der Waals surface area contributed by atoms with Crippen LogP contribution in [-0.2, 0) is 20.2 Å². The van der Waals surface area contributed by atoms with Crippen molar-refractivity contribution >= 4 is 27.4 Å². The average molecular weight is 480 g/mol. The third-order valence-electron chi connectivity index (χ3n) is 7.16. The summed E-state index contributed by atoms with van der Waals surface area (Å²) in [5.74, 6) is 0.418. The number of piperidine rings is 1. The van der Waals surface area contributed by atoms with Gasteiger partial charge in [0.2, 0.25) is 15.9 Å². The average Bonchev–Trinajstić information content (AvgIpc) is 3.43. The molecule has 2 aliphatic heterocycles. The van der Waals surface area contributed by atoms with E-state index < -0.39 is 10.0 Å². The first-order valence-electron chi connectivity index (χ1n) is 11.5. The number of aromatic nitrogens is 2. The van der Waals surface area contributed by atoms with Crippen LogP contribution in [0.3, 0.4) is 0 Å². The number of amides is 1. The molecular formula is C25H29N5O3S. The van der Waals surface area contributed by atoms with E-state index in [-0.39, 0.29) is 17.4 Å². The van der Waals surface area contributed by atoms with Crippen LogP contribution in [0, 0.1) is 0 Å². The number of imidazole rings is 1.